The molecule has 0 bridgehead atoms. The molecular weight excluding hydrogens is 254 g/mol. The highest BCUT2D eigenvalue weighted by molar-refractivity contribution is 5.26. The first-order valence-corrected chi connectivity index (χ1v) is 6.91. The van der Waals surface area contributed by atoms with Crippen LogP contribution in [0, 0.1) is 6.92 Å². The van der Waals surface area contributed by atoms with Crippen molar-refractivity contribution in [3.05, 3.63) is 36.2 Å². The highest BCUT2D eigenvalue weighted by Gasteiger charge is 2.04. The average molecular weight is 275 g/mol. The topological polar surface area (TPSA) is 64.9 Å². The molecule has 0 unspecified atom stereocenters. The number of aromatic nitrogens is 4. The Balaban J connectivity index is 1.88. The summed E-state index contributed by atoms with van der Waals surface area (Å²) >= 11 is 0. The summed E-state index contributed by atoms with van der Waals surface area (Å²) < 4.78 is 7.35. The van der Waals surface area contributed by atoms with E-state index in [9.17, 15) is 0 Å². The predicted molar refractivity (Wildman–Crippen MR) is 77.7 cm³/mol. The highest BCUT2D eigenvalue weighted by Crippen LogP contribution is 2.07. The quantitative estimate of drug-likeness (QED) is 0.745. The number of rotatable bonds is 8. The van der Waals surface area contributed by atoms with Crippen molar-refractivity contribution < 1.29 is 4.74 Å². The third kappa shape index (κ3) is 4.31. The lowest BCUT2D eigenvalue weighted by molar-refractivity contribution is 0.147. The minimum Gasteiger partial charge on any atom is -0.382 e. The van der Waals surface area contributed by atoms with Crippen LogP contribution in [-0.4, -0.2) is 39.3 Å². The minimum atomic E-state index is 0.692. The van der Waals surface area contributed by atoms with E-state index in [1.165, 1.54) is 0 Å². The second-order valence-corrected chi connectivity index (χ2v) is 4.45. The van der Waals surface area contributed by atoms with E-state index in [2.05, 4.69) is 20.3 Å². The van der Waals surface area contributed by atoms with Gasteiger partial charge in [0.1, 0.15) is 5.82 Å². The van der Waals surface area contributed by atoms with E-state index in [0.29, 0.717) is 6.54 Å². The summed E-state index contributed by atoms with van der Waals surface area (Å²) in [5, 5.41) is 3.32. The Morgan fingerprint density at radius 3 is 3.00 bits per heavy atom. The zero-order valence-electron chi connectivity index (χ0n) is 12.0. The van der Waals surface area contributed by atoms with Gasteiger partial charge >= 0.3 is 0 Å². The number of nitrogens with one attached hydrogen (secondary N) is 1. The highest BCUT2D eigenvalue weighted by atomic mass is 16.5. The molecule has 6 nitrogen and oxygen atoms in total. The fourth-order valence-corrected chi connectivity index (χ4v) is 1.89. The monoisotopic (exact) mass is 275 g/mol. The normalized spacial score (nSPS) is 10.7. The van der Waals surface area contributed by atoms with Crippen LogP contribution in [0.25, 0.3) is 0 Å². The van der Waals surface area contributed by atoms with Gasteiger partial charge in [-0.15, -0.1) is 0 Å². The Morgan fingerprint density at radius 2 is 2.20 bits per heavy atom. The molecule has 0 aliphatic heterocycles. The van der Waals surface area contributed by atoms with Crippen molar-refractivity contribution in [2.45, 2.75) is 26.8 Å². The Labute approximate surface area is 119 Å². The fourth-order valence-electron chi connectivity index (χ4n) is 1.89. The first kappa shape index (κ1) is 14.5. The van der Waals surface area contributed by atoms with Gasteiger partial charge in [0.2, 0.25) is 5.95 Å². The van der Waals surface area contributed by atoms with E-state index in [0.717, 1.165) is 43.6 Å². The molecule has 0 radical (unpaired) electrons. The molecular formula is C14H21N5O. The maximum atomic E-state index is 5.31. The maximum absolute atomic E-state index is 5.31. The smallest absolute Gasteiger partial charge is 0.203 e. The van der Waals surface area contributed by atoms with Crippen molar-refractivity contribution in [2.24, 2.45) is 0 Å². The summed E-state index contributed by atoms with van der Waals surface area (Å²) in [5.74, 6) is 1.65. The van der Waals surface area contributed by atoms with Gasteiger partial charge < -0.3 is 14.6 Å². The van der Waals surface area contributed by atoms with E-state index < -0.39 is 0 Å². The summed E-state index contributed by atoms with van der Waals surface area (Å²) in [7, 11) is 0. The molecule has 108 valence electrons. The van der Waals surface area contributed by atoms with Crippen LogP contribution in [0.5, 0.6) is 0 Å². The first-order chi connectivity index (χ1) is 9.79. The number of hydrogen-bond acceptors (Lipinski definition) is 5. The first-order valence-electron chi connectivity index (χ1n) is 6.91. The molecule has 2 heterocycles. The van der Waals surface area contributed by atoms with Crippen LogP contribution in [-0.2, 0) is 11.3 Å². The van der Waals surface area contributed by atoms with Crippen molar-refractivity contribution >= 4 is 5.95 Å². The number of aryl methyl sites for hydroxylation is 1. The van der Waals surface area contributed by atoms with Crippen molar-refractivity contribution in [2.75, 3.05) is 25.1 Å². The summed E-state index contributed by atoms with van der Waals surface area (Å²) in [6.07, 6.45) is 6.48. The number of ether oxygens (including phenoxy) is 1. The zero-order valence-corrected chi connectivity index (χ0v) is 12.0. The lowest BCUT2D eigenvalue weighted by Crippen LogP contribution is -2.12. The van der Waals surface area contributed by atoms with E-state index in [1.54, 1.807) is 12.4 Å². The van der Waals surface area contributed by atoms with Crippen LogP contribution < -0.4 is 5.32 Å². The van der Waals surface area contributed by atoms with Gasteiger partial charge in [0.15, 0.2) is 0 Å². The van der Waals surface area contributed by atoms with Gasteiger partial charge in [-0.2, -0.15) is 0 Å². The summed E-state index contributed by atoms with van der Waals surface area (Å²) in [6, 6.07) is 1.92. The third-order valence-electron chi connectivity index (χ3n) is 2.83. The molecule has 1 N–H and O–H groups in total. The van der Waals surface area contributed by atoms with Gasteiger partial charge in [-0.05, 0) is 26.3 Å². The lowest BCUT2D eigenvalue weighted by atomic mass is 10.4. The largest absolute Gasteiger partial charge is 0.382 e. The molecule has 0 amide bonds. The standard InChI is InChI=1S/C14H21N5O/c1-3-20-10-4-6-16-14-17-8-9-19(14)11-13-5-7-15-12(2)18-13/h5,7-9H,3-4,6,10-11H2,1-2H3,(H,16,17). The minimum absolute atomic E-state index is 0.692. The Hall–Kier alpha value is -1.95. The molecule has 0 aromatic carbocycles. The van der Waals surface area contributed by atoms with Crippen molar-refractivity contribution in [1.82, 2.24) is 19.5 Å². The third-order valence-corrected chi connectivity index (χ3v) is 2.83. The molecule has 0 fully saturated rings. The van der Waals surface area contributed by atoms with E-state index in [4.69, 9.17) is 4.74 Å². The van der Waals surface area contributed by atoms with E-state index in [-0.39, 0.29) is 0 Å². The molecule has 0 atom stereocenters. The average Bonchev–Trinajstić information content (AvgIpc) is 2.86. The molecule has 0 saturated heterocycles. The maximum Gasteiger partial charge on any atom is 0.203 e. The molecule has 2 aromatic heterocycles. The SMILES string of the molecule is CCOCCCNc1nccn1Cc1ccnc(C)n1. The molecule has 6 heteroatoms. The van der Waals surface area contributed by atoms with Gasteiger partial charge in [-0.1, -0.05) is 0 Å². The summed E-state index contributed by atoms with van der Waals surface area (Å²) in [4.78, 5) is 12.8. The van der Waals surface area contributed by atoms with Crippen molar-refractivity contribution in [3.8, 4) is 0 Å². The molecule has 0 spiro atoms. The van der Waals surface area contributed by atoms with Gasteiger partial charge in [-0.3, -0.25) is 0 Å². The second-order valence-electron chi connectivity index (χ2n) is 4.45. The van der Waals surface area contributed by atoms with Gasteiger partial charge in [-0.25, -0.2) is 15.0 Å². The van der Waals surface area contributed by atoms with E-state index >= 15 is 0 Å². The number of nitrogens with zero attached hydrogens (tertiary/aromatic N) is 4. The van der Waals surface area contributed by atoms with Gasteiger partial charge in [0.25, 0.3) is 0 Å². The van der Waals surface area contributed by atoms with Crippen LogP contribution >= 0.6 is 0 Å². The molecule has 20 heavy (non-hydrogen) atoms. The number of imidazole rings is 1. The summed E-state index contributed by atoms with van der Waals surface area (Å²) in [5.41, 5.74) is 0.980. The number of anilines is 1. The molecule has 2 rings (SSSR count). The van der Waals surface area contributed by atoms with E-state index in [1.807, 2.05) is 30.7 Å². The molecule has 0 saturated carbocycles. The van der Waals surface area contributed by atoms with Crippen molar-refractivity contribution in [1.29, 1.82) is 0 Å². The fraction of sp³-hybridized carbons (Fsp3) is 0.500. The van der Waals surface area contributed by atoms with Crippen LogP contribution in [0.2, 0.25) is 0 Å². The van der Waals surface area contributed by atoms with Crippen LogP contribution in [0.4, 0.5) is 5.95 Å². The second kappa shape index (κ2) is 7.59. The molecule has 2 aromatic rings. The molecule has 0 aliphatic rings. The lowest BCUT2D eigenvalue weighted by Gasteiger charge is -2.09. The van der Waals surface area contributed by atoms with Crippen LogP contribution in [0.3, 0.4) is 0 Å². The Bertz CT molecular complexity index is 526. The summed E-state index contributed by atoms with van der Waals surface area (Å²) in [6.45, 7) is 6.97. The van der Waals surface area contributed by atoms with Gasteiger partial charge in [0, 0.05) is 38.3 Å². The molecule has 0 aliphatic carbocycles. The van der Waals surface area contributed by atoms with Crippen molar-refractivity contribution in [3.63, 3.8) is 0 Å². The zero-order chi connectivity index (χ0) is 14.2. The van der Waals surface area contributed by atoms with Gasteiger partial charge in [0.05, 0.1) is 12.2 Å². The van der Waals surface area contributed by atoms with Crippen LogP contribution in [0.1, 0.15) is 24.9 Å². The van der Waals surface area contributed by atoms with Crippen LogP contribution in [0.15, 0.2) is 24.7 Å². The Kier molecular flexibility index (Phi) is 5.49. The predicted octanol–water partition coefficient (Wildman–Crippen LogP) is 1.87. The Morgan fingerprint density at radius 1 is 1.30 bits per heavy atom. The number of hydrogen-bond donors (Lipinski definition) is 1.